The number of rotatable bonds is 5. The van der Waals surface area contributed by atoms with Gasteiger partial charge in [0.05, 0.1) is 19.4 Å². The third-order valence-electron chi connectivity index (χ3n) is 4.08. The molecule has 0 saturated carbocycles. The molecule has 2 aromatic carbocycles. The van der Waals surface area contributed by atoms with E-state index in [-0.39, 0.29) is 19.1 Å². The molecule has 2 aromatic rings. The Morgan fingerprint density at radius 1 is 1.24 bits per heavy atom. The fraction of sp³-hybridized carbons (Fsp3) is 0.250. The summed E-state index contributed by atoms with van der Waals surface area (Å²) in [5, 5.41) is 8.89. The number of carbonyl (C=O) groups is 1. The van der Waals surface area contributed by atoms with Crippen LogP contribution in [0, 0.1) is 0 Å². The van der Waals surface area contributed by atoms with Gasteiger partial charge in [-0.2, -0.15) is 0 Å². The maximum Gasteiger partial charge on any atom is 0.228 e. The number of para-hydroxylation sites is 1. The SMILES string of the molecule is COc1cc(C=C2Cc3ccccc3N2C(C)=O)ccc1OCCO. The van der Waals surface area contributed by atoms with Gasteiger partial charge in [-0.3, -0.25) is 9.69 Å². The molecule has 0 spiro atoms. The van der Waals surface area contributed by atoms with E-state index in [9.17, 15) is 4.79 Å². The van der Waals surface area contributed by atoms with E-state index in [1.165, 1.54) is 0 Å². The van der Waals surface area contributed by atoms with E-state index in [0.717, 1.165) is 22.5 Å². The van der Waals surface area contributed by atoms with Crippen LogP contribution >= 0.6 is 0 Å². The van der Waals surface area contributed by atoms with E-state index in [1.807, 2.05) is 42.5 Å². The van der Waals surface area contributed by atoms with E-state index >= 15 is 0 Å². The normalized spacial score (nSPS) is 14.5. The van der Waals surface area contributed by atoms with Gasteiger partial charge in [-0.25, -0.2) is 0 Å². The fourth-order valence-electron chi connectivity index (χ4n) is 3.04. The summed E-state index contributed by atoms with van der Waals surface area (Å²) >= 11 is 0. The second-order valence-electron chi connectivity index (χ2n) is 5.78. The highest BCUT2D eigenvalue weighted by Gasteiger charge is 2.26. The second-order valence-corrected chi connectivity index (χ2v) is 5.78. The Morgan fingerprint density at radius 2 is 2.04 bits per heavy atom. The van der Waals surface area contributed by atoms with E-state index in [4.69, 9.17) is 14.6 Å². The van der Waals surface area contributed by atoms with Gasteiger partial charge in [-0.05, 0) is 35.4 Å². The third kappa shape index (κ3) is 3.51. The van der Waals surface area contributed by atoms with Crippen molar-refractivity contribution >= 4 is 17.7 Å². The summed E-state index contributed by atoms with van der Waals surface area (Å²) in [6, 6.07) is 13.5. The highest BCUT2D eigenvalue weighted by Crippen LogP contribution is 2.36. The number of nitrogens with zero attached hydrogens (tertiary/aromatic N) is 1. The van der Waals surface area contributed by atoms with Gasteiger partial charge in [-0.15, -0.1) is 0 Å². The molecule has 1 heterocycles. The lowest BCUT2D eigenvalue weighted by Gasteiger charge is -2.17. The van der Waals surface area contributed by atoms with Crippen LogP contribution in [0.15, 0.2) is 48.2 Å². The monoisotopic (exact) mass is 339 g/mol. The van der Waals surface area contributed by atoms with Crippen LogP contribution in [0.25, 0.3) is 6.08 Å². The zero-order valence-corrected chi connectivity index (χ0v) is 14.4. The first-order valence-electron chi connectivity index (χ1n) is 8.15. The number of amides is 1. The predicted molar refractivity (Wildman–Crippen MR) is 96.9 cm³/mol. The van der Waals surface area contributed by atoms with Gasteiger partial charge in [0, 0.05) is 19.0 Å². The number of fused-ring (bicyclic) bond motifs is 1. The lowest BCUT2D eigenvalue weighted by molar-refractivity contribution is -0.116. The summed E-state index contributed by atoms with van der Waals surface area (Å²) in [6.07, 6.45) is 2.70. The summed E-state index contributed by atoms with van der Waals surface area (Å²) in [7, 11) is 1.57. The molecule has 1 aliphatic heterocycles. The van der Waals surface area contributed by atoms with Crippen molar-refractivity contribution in [2.75, 3.05) is 25.2 Å². The summed E-state index contributed by atoms with van der Waals surface area (Å²) in [4.78, 5) is 13.9. The number of carbonyl (C=O) groups excluding carboxylic acids is 1. The molecule has 0 bridgehead atoms. The first kappa shape index (κ1) is 17.0. The first-order valence-corrected chi connectivity index (χ1v) is 8.15. The average Bonchev–Trinajstić information content (AvgIpc) is 2.98. The number of aliphatic hydroxyl groups is 1. The molecular formula is C20H21NO4. The minimum atomic E-state index is -0.0548. The van der Waals surface area contributed by atoms with Gasteiger partial charge in [0.25, 0.3) is 0 Å². The summed E-state index contributed by atoms with van der Waals surface area (Å²) in [5.41, 5.74) is 3.93. The second kappa shape index (κ2) is 7.40. The number of hydrogen-bond acceptors (Lipinski definition) is 4. The van der Waals surface area contributed by atoms with E-state index < -0.39 is 0 Å². The van der Waals surface area contributed by atoms with Crippen LogP contribution in [0.4, 0.5) is 5.69 Å². The van der Waals surface area contributed by atoms with Crippen molar-refractivity contribution in [2.45, 2.75) is 13.3 Å². The molecule has 3 rings (SSSR count). The number of methoxy groups -OCH3 is 1. The molecule has 0 aromatic heterocycles. The van der Waals surface area contributed by atoms with Crippen molar-refractivity contribution in [3.63, 3.8) is 0 Å². The number of allylic oxidation sites excluding steroid dienone is 1. The molecule has 0 radical (unpaired) electrons. The number of anilines is 1. The molecule has 1 aliphatic rings. The van der Waals surface area contributed by atoms with Crippen molar-refractivity contribution in [2.24, 2.45) is 0 Å². The standard InChI is InChI=1S/C20H21NO4/c1-14(23)21-17(13-16-5-3-4-6-18(16)21)11-15-7-8-19(25-10-9-22)20(12-15)24-2/h3-8,11-12,22H,9-10,13H2,1-2H3. The fourth-order valence-corrected chi connectivity index (χ4v) is 3.04. The molecule has 0 saturated heterocycles. The maximum absolute atomic E-state index is 12.1. The topological polar surface area (TPSA) is 59.0 Å². The van der Waals surface area contributed by atoms with Crippen molar-refractivity contribution < 1.29 is 19.4 Å². The summed E-state index contributed by atoms with van der Waals surface area (Å²) in [6.45, 7) is 1.73. The Bertz CT molecular complexity index is 813. The molecule has 1 amide bonds. The van der Waals surface area contributed by atoms with Crippen LogP contribution in [0.5, 0.6) is 11.5 Å². The third-order valence-corrected chi connectivity index (χ3v) is 4.08. The molecule has 0 fully saturated rings. The lowest BCUT2D eigenvalue weighted by Crippen LogP contribution is -2.24. The largest absolute Gasteiger partial charge is 0.493 e. The van der Waals surface area contributed by atoms with Crippen LogP contribution < -0.4 is 14.4 Å². The van der Waals surface area contributed by atoms with Gasteiger partial charge in [0.2, 0.25) is 5.91 Å². The Kier molecular flexibility index (Phi) is 5.05. The zero-order valence-electron chi connectivity index (χ0n) is 14.4. The van der Waals surface area contributed by atoms with E-state index in [1.54, 1.807) is 25.0 Å². The molecule has 5 nitrogen and oxygen atoms in total. The first-order chi connectivity index (χ1) is 12.1. The summed E-state index contributed by atoms with van der Waals surface area (Å²) in [5.74, 6) is 1.16. The number of ether oxygens (including phenoxy) is 2. The molecule has 25 heavy (non-hydrogen) atoms. The van der Waals surface area contributed by atoms with Crippen molar-refractivity contribution in [1.82, 2.24) is 0 Å². The highest BCUT2D eigenvalue weighted by atomic mass is 16.5. The van der Waals surface area contributed by atoms with Crippen molar-refractivity contribution in [3.05, 3.63) is 59.3 Å². The Morgan fingerprint density at radius 3 is 2.76 bits per heavy atom. The molecular weight excluding hydrogens is 318 g/mol. The quantitative estimate of drug-likeness (QED) is 0.910. The minimum Gasteiger partial charge on any atom is -0.493 e. The Labute approximate surface area is 147 Å². The van der Waals surface area contributed by atoms with Crippen LogP contribution in [0.2, 0.25) is 0 Å². The number of benzene rings is 2. The zero-order chi connectivity index (χ0) is 17.8. The van der Waals surface area contributed by atoms with Crippen LogP contribution in [-0.2, 0) is 11.2 Å². The van der Waals surface area contributed by atoms with E-state index in [2.05, 4.69) is 0 Å². The molecule has 1 N–H and O–H groups in total. The molecule has 0 atom stereocenters. The predicted octanol–water partition coefficient (Wildman–Crippen LogP) is 3.02. The van der Waals surface area contributed by atoms with Crippen LogP contribution in [0.1, 0.15) is 18.1 Å². The Hall–Kier alpha value is -2.79. The number of aliphatic hydroxyl groups excluding tert-OH is 1. The molecule has 5 heteroatoms. The van der Waals surface area contributed by atoms with Gasteiger partial charge >= 0.3 is 0 Å². The highest BCUT2D eigenvalue weighted by molar-refractivity contribution is 5.99. The minimum absolute atomic E-state index is 0.00827. The van der Waals surface area contributed by atoms with Crippen LogP contribution in [0.3, 0.4) is 0 Å². The smallest absolute Gasteiger partial charge is 0.228 e. The maximum atomic E-state index is 12.1. The van der Waals surface area contributed by atoms with E-state index in [0.29, 0.717) is 17.9 Å². The van der Waals surface area contributed by atoms with Gasteiger partial charge in [-0.1, -0.05) is 24.3 Å². The Balaban J connectivity index is 1.94. The van der Waals surface area contributed by atoms with Gasteiger partial charge in [0.15, 0.2) is 11.5 Å². The van der Waals surface area contributed by atoms with Crippen molar-refractivity contribution in [3.8, 4) is 11.5 Å². The van der Waals surface area contributed by atoms with Gasteiger partial charge < -0.3 is 14.6 Å². The lowest BCUT2D eigenvalue weighted by atomic mass is 10.1. The summed E-state index contributed by atoms with van der Waals surface area (Å²) < 4.78 is 10.8. The van der Waals surface area contributed by atoms with Crippen LogP contribution in [-0.4, -0.2) is 31.3 Å². The van der Waals surface area contributed by atoms with Crippen molar-refractivity contribution in [1.29, 1.82) is 0 Å². The molecule has 130 valence electrons. The van der Waals surface area contributed by atoms with Gasteiger partial charge in [0.1, 0.15) is 6.61 Å². The number of hydrogen-bond donors (Lipinski definition) is 1. The molecule has 0 aliphatic carbocycles. The average molecular weight is 339 g/mol. The molecule has 0 unspecified atom stereocenters.